The van der Waals surface area contributed by atoms with Crippen LogP contribution in [0.3, 0.4) is 0 Å². The standard InChI is InChI=1S/C17H19NO3S.C2H6/c1-12(20)17(13-7-9-14(21-2)10-8-13)22-16-6-4-3-5-15(16)18-11-19;1-2/h3-12,17,20H,1-2H3,(H,18,19);1-2H3. The SMILES string of the molecule is CC.COc1ccc(C(Sc2ccccc2NC=O)C(C)O)cc1. The van der Waals surface area contributed by atoms with Crippen LogP contribution in [-0.2, 0) is 4.79 Å². The molecular formula is C19H25NO3S. The number of amides is 1. The summed E-state index contributed by atoms with van der Waals surface area (Å²) in [4.78, 5) is 11.6. The molecule has 2 aromatic rings. The summed E-state index contributed by atoms with van der Waals surface area (Å²) < 4.78 is 5.16. The van der Waals surface area contributed by atoms with Crippen molar-refractivity contribution >= 4 is 23.9 Å². The van der Waals surface area contributed by atoms with Gasteiger partial charge in [0.2, 0.25) is 6.41 Å². The molecule has 0 bridgehead atoms. The van der Waals surface area contributed by atoms with Crippen molar-refractivity contribution in [1.29, 1.82) is 0 Å². The first-order chi connectivity index (χ1) is 11.7. The van der Waals surface area contributed by atoms with Crippen molar-refractivity contribution in [3.8, 4) is 5.75 Å². The Morgan fingerprint density at radius 3 is 2.29 bits per heavy atom. The third kappa shape index (κ3) is 5.58. The zero-order chi connectivity index (χ0) is 17.9. The predicted molar refractivity (Wildman–Crippen MR) is 101 cm³/mol. The van der Waals surface area contributed by atoms with Crippen molar-refractivity contribution in [2.75, 3.05) is 12.4 Å². The van der Waals surface area contributed by atoms with Crippen molar-refractivity contribution in [2.24, 2.45) is 0 Å². The second-order valence-corrected chi connectivity index (χ2v) is 5.99. The smallest absolute Gasteiger partial charge is 0.211 e. The normalized spacial score (nSPS) is 12.4. The molecule has 0 aliphatic heterocycles. The average molecular weight is 347 g/mol. The molecule has 1 amide bonds. The highest BCUT2D eigenvalue weighted by Gasteiger charge is 2.20. The molecule has 2 aromatic carbocycles. The Labute approximate surface area is 148 Å². The molecule has 2 rings (SSSR count). The summed E-state index contributed by atoms with van der Waals surface area (Å²) >= 11 is 1.52. The molecule has 24 heavy (non-hydrogen) atoms. The van der Waals surface area contributed by atoms with Gasteiger partial charge in [0.1, 0.15) is 5.75 Å². The van der Waals surface area contributed by atoms with E-state index in [1.54, 1.807) is 14.0 Å². The minimum absolute atomic E-state index is 0.138. The van der Waals surface area contributed by atoms with Crippen LogP contribution in [0.5, 0.6) is 5.75 Å². The van der Waals surface area contributed by atoms with Crippen molar-refractivity contribution in [1.82, 2.24) is 0 Å². The first kappa shape index (κ1) is 20.1. The molecule has 0 radical (unpaired) electrons. The van der Waals surface area contributed by atoms with Crippen LogP contribution in [0.4, 0.5) is 5.69 Å². The average Bonchev–Trinajstić information content (AvgIpc) is 2.63. The molecule has 2 unspecified atom stereocenters. The van der Waals surface area contributed by atoms with E-state index in [-0.39, 0.29) is 5.25 Å². The number of carbonyl (C=O) groups excluding carboxylic acids is 1. The number of thioether (sulfide) groups is 1. The van der Waals surface area contributed by atoms with E-state index in [0.717, 1.165) is 21.9 Å². The summed E-state index contributed by atoms with van der Waals surface area (Å²) in [5, 5.41) is 12.7. The predicted octanol–water partition coefficient (Wildman–Crippen LogP) is 4.50. The molecular weight excluding hydrogens is 322 g/mol. The number of para-hydroxylation sites is 1. The van der Waals surface area contributed by atoms with Crippen LogP contribution in [-0.4, -0.2) is 24.7 Å². The summed E-state index contributed by atoms with van der Waals surface area (Å²) in [6.45, 7) is 5.76. The summed E-state index contributed by atoms with van der Waals surface area (Å²) in [6.07, 6.45) is 0.118. The number of rotatable bonds is 7. The van der Waals surface area contributed by atoms with Gasteiger partial charge < -0.3 is 15.2 Å². The van der Waals surface area contributed by atoms with Gasteiger partial charge in [-0.2, -0.15) is 0 Å². The van der Waals surface area contributed by atoms with Crippen LogP contribution < -0.4 is 10.1 Å². The first-order valence-electron chi connectivity index (χ1n) is 7.93. The Morgan fingerprint density at radius 1 is 1.12 bits per heavy atom. The highest BCUT2D eigenvalue weighted by atomic mass is 32.2. The Bertz CT molecular complexity index is 614. The number of hydrogen-bond acceptors (Lipinski definition) is 4. The third-order valence-electron chi connectivity index (χ3n) is 3.24. The zero-order valence-corrected chi connectivity index (χ0v) is 15.3. The van der Waals surface area contributed by atoms with Gasteiger partial charge in [-0.15, -0.1) is 11.8 Å². The number of aliphatic hydroxyl groups is 1. The lowest BCUT2D eigenvalue weighted by Gasteiger charge is -2.21. The second-order valence-electron chi connectivity index (χ2n) is 4.81. The van der Waals surface area contributed by atoms with E-state index in [9.17, 15) is 9.90 Å². The highest BCUT2D eigenvalue weighted by molar-refractivity contribution is 7.99. The molecule has 5 heteroatoms. The second kappa shape index (κ2) is 10.7. The monoisotopic (exact) mass is 347 g/mol. The minimum atomic E-state index is -0.539. The number of methoxy groups -OCH3 is 1. The van der Waals surface area contributed by atoms with E-state index in [1.807, 2.05) is 62.4 Å². The molecule has 2 atom stereocenters. The van der Waals surface area contributed by atoms with Crippen LogP contribution in [0, 0.1) is 0 Å². The molecule has 4 nitrogen and oxygen atoms in total. The van der Waals surface area contributed by atoms with Crippen LogP contribution >= 0.6 is 11.8 Å². The number of anilines is 1. The molecule has 0 aromatic heterocycles. The van der Waals surface area contributed by atoms with E-state index in [1.165, 1.54) is 11.8 Å². The summed E-state index contributed by atoms with van der Waals surface area (Å²) in [7, 11) is 1.62. The summed E-state index contributed by atoms with van der Waals surface area (Å²) in [5.41, 5.74) is 1.74. The number of hydrogen-bond donors (Lipinski definition) is 2. The zero-order valence-electron chi connectivity index (χ0n) is 14.5. The maximum atomic E-state index is 10.7. The van der Waals surface area contributed by atoms with Crippen LogP contribution in [0.2, 0.25) is 0 Å². The molecule has 0 spiro atoms. The summed E-state index contributed by atoms with van der Waals surface area (Å²) in [6, 6.07) is 15.2. The minimum Gasteiger partial charge on any atom is -0.497 e. The van der Waals surface area contributed by atoms with Gasteiger partial charge in [-0.05, 0) is 36.8 Å². The van der Waals surface area contributed by atoms with E-state index in [2.05, 4.69) is 5.32 Å². The Morgan fingerprint density at radius 2 is 1.75 bits per heavy atom. The number of aliphatic hydroxyl groups excluding tert-OH is 1. The fourth-order valence-electron chi connectivity index (χ4n) is 2.13. The van der Waals surface area contributed by atoms with Gasteiger partial charge in [0.25, 0.3) is 0 Å². The Balaban J connectivity index is 0.00000139. The highest BCUT2D eigenvalue weighted by Crippen LogP contribution is 2.41. The topological polar surface area (TPSA) is 58.6 Å². The largest absolute Gasteiger partial charge is 0.497 e. The van der Waals surface area contributed by atoms with Crippen molar-refractivity contribution < 1.29 is 14.6 Å². The van der Waals surface area contributed by atoms with Crippen LogP contribution in [0.15, 0.2) is 53.4 Å². The van der Waals surface area contributed by atoms with Gasteiger partial charge in [-0.1, -0.05) is 38.1 Å². The molecule has 0 saturated heterocycles. The molecule has 0 aliphatic rings. The lowest BCUT2D eigenvalue weighted by molar-refractivity contribution is -0.105. The van der Waals surface area contributed by atoms with E-state index < -0.39 is 6.10 Å². The number of benzene rings is 2. The van der Waals surface area contributed by atoms with Crippen LogP contribution in [0.25, 0.3) is 0 Å². The number of ether oxygens (including phenoxy) is 1. The van der Waals surface area contributed by atoms with Crippen LogP contribution in [0.1, 0.15) is 31.6 Å². The molecule has 0 saturated carbocycles. The lowest BCUT2D eigenvalue weighted by atomic mass is 10.1. The van der Waals surface area contributed by atoms with Crippen molar-refractivity contribution in [3.63, 3.8) is 0 Å². The van der Waals surface area contributed by atoms with Gasteiger partial charge in [-0.3, -0.25) is 4.79 Å². The quantitative estimate of drug-likeness (QED) is 0.572. The van der Waals surface area contributed by atoms with Crippen molar-refractivity contribution in [3.05, 3.63) is 54.1 Å². The van der Waals surface area contributed by atoms with Gasteiger partial charge >= 0.3 is 0 Å². The molecule has 0 aliphatic carbocycles. The third-order valence-corrected chi connectivity index (χ3v) is 4.77. The molecule has 0 fully saturated rings. The molecule has 0 heterocycles. The Kier molecular flexibility index (Phi) is 8.97. The van der Waals surface area contributed by atoms with Gasteiger partial charge in [0.05, 0.1) is 24.2 Å². The number of carbonyl (C=O) groups is 1. The summed E-state index contributed by atoms with van der Waals surface area (Å²) in [5.74, 6) is 0.779. The van der Waals surface area contributed by atoms with E-state index in [0.29, 0.717) is 6.41 Å². The maximum absolute atomic E-state index is 10.7. The van der Waals surface area contributed by atoms with E-state index in [4.69, 9.17) is 4.74 Å². The fraction of sp³-hybridized carbons (Fsp3) is 0.316. The fourth-order valence-corrected chi connectivity index (χ4v) is 3.30. The number of nitrogens with one attached hydrogen (secondary N) is 1. The van der Waals surface area contributed by atoms with E-state index >= 15 is 0 Å². The van der Waals surface area contributed by atoms with Crippen molar-refractivity contribution in [2.45, 2.75) is 37.0 Å². The lowest BCUT2D eigenvalue weighted by Crippen LogP contribution is -2.11. The Hall–Kier alpha value is -1.98. The maximum Gasteiger partial charge on any atom is 0.211 e. The molecule has 130 valence electrons. The first-order valence-corrected chi connectivity index (χ1v) is 8.81. The van der Waals surface area contributed by atoms with Gasteiger partial charge in [0, 0.05) is 4.90 Å². The van der Waals surface area contributed by atoms with Gasteiger partial charge in [-0.25, -0.2) is 0 Å². The van der Waals surface area contributed by atoms with Gasteiger partial charge in [0.15, 0.2) is 0 Å². The molecule has 2 N–H and O–H groups in total.